The molecule has 0 saturated carbocycles. The molecule has 0 fully saturated rings. The molecule has 0 unspecified atom stereocenters. The molecule has 9 heteroatoms. The SMILES string of the molecule is Cn1cnnc1CNC(=O)c1csc(-c2cc(Br)cs2)n1. The van der Waals surface area contributed by atoms with Crippen molar-refractivity contribution < 1.29 is 4.79 Å². The van der Waals surface area contributed by atoms with Gasteiger partial charge in [0.1, 0.15) is 17.0 Å². The van der Waals surface area contributed by atoms with Gasteiger partial charge >= 0.3 is 0 Å². The van der Waals surface area contributed by atoms with E-state index >= 15 is 0 Å². The van der Waals surface area contributed by atoms with Gasteiger partial charge in [-0.2, -0.15) is 0 Å². The molecule has 3 rings (SSSR count). The number of carbonyl (C=O) groups is 1. The third kappa shape index (κ3) is 3.20. The maximum absolute atomic E-state index is 12.1. The lowest BCUT2D eigenvalue weighted by Gasteiger charge is -2.02. The number of aryl methyl sites for hydroxylation is 1. The van der Waals surface area contributed by atoms with Crippen LogP contribution in [0.25, 0.3) is 9.88 Å². The van der Waals surface area contributed by atoms with Crippen LogP contribution in [0.3, 0.4) is 0 Å². The van der Waals surface area contributed by atoms with Crippen LogP contribution in [0.2, 0.25) is 0 Å². The first-order valence-corrected chi connectivity index (χ1v) is 8.49. The zero-order valence-electron chi connectivity index (χ0n) is 10.9. The van der Waals surface area contributed by atoms with Crippen LogP contribution in [0.4, 0.5) is 0 Å². The van der Waals surface area contributed by atoms with Crippen LogP contribution in [-0.4, -0.2) is 25.7 Å². The van der Waals surface area contributed by atoms with Gasteiger partial charge < -0.3 is 9.88 Å². The molecule has 0 saturated heterocycles. The monoisotopic (exact) mass is 383 g/mol. The minimum atomic E-state index is -0.212. The third-order valence-corrected chi connectivity index (χ3v) is 5.43. The molecule has 0 aliphatic carbocycles. The molecular weight excluding hydrogens is 374 g/mol. The van der Waals surface area contributed by atoms with E-state index in [9.17, 15) is 4.79 Å². The molecule has 0 bridgehead atoms. The summed E-state index contributed by atoms with van der Waals surface area (Å²) in [5.41, 5.74) is 0.418. The first-order valence-electron chi connectivity index (χ1n) is 5.94. The summed E-state index contributed by atoms with van der Waals surface area (Å²) in [4.78, 5) is 17.5. The summed E-state index contributed by atoms with van der Waals surface area (Å²) in [5, 5.41) is 15.1. The molecule has 1 N–H and O–H groups in total. The molecule has 108 valence electrons. The maximum Gasteiger partial charge on any atom is 0.271 e. The zero-order valence-corrected chi connectivity index (χ0v) is 14.1. The summed E-state index contributed by atoms with van der Waals surface area (Å²) in [6.07, 6.45) is 1.59. The fourth-order valence-corrected chi connectivity index (χ4v) is 3.94. The van der Waals surface area contributed by atoms with Gasteiger partial charge in [0.05, 0.1) is 11.4 Å². The average Bonchev–Trinajstić information content (AvgIpc) is 3.16. The number of nitrogens with one attached hydrogen (secondary N) is 1. The van der Waals surface area contributed by atoms with E-state index in [0.29, 0.717) is 18.1 Å². The van der Waals surface area contributed by atoms with Gasteiger partial charge in [0.15, 0.2) is 5.82 Å². The van der Waals surface area contributed by atoms with Gasteiger partial charge in [0.2, 0.25) is 0 Å². The van der Waals surface area contributed by atoms with Crippen LogP contribution in [0.1, 0.15) is 16.3 Å². The highest BCUT2D eigenvalue weighted by Crippen LogP contribution is 2.31. The first-order chi connectivity index (χ1) is 10.1. The van der Waals surface area contributed by atoms with E-state index < -0.39 is 0 Å². The lowest BCUT2D eigenvalue weighted by atomic mass is 10.4. The Morgan fingerprint density at radius 1 is 1.43 bits per heavy atom. The molecule has 3 aromatic heterocycles. The van der Waals surface area contributed by atoms with Crippen molar-refractivity contribution >= 4 is 44.5 Å². The Hall–Kier alpha value is -1.58. The molecular formula is C12H10BrN5OS2. The number of amides is 1. The van der Waals surface area contributed by atoms with Crippen molar-refractivity contribution in [1.82, 2.24) is 25.1 Å². The van der Waals surface area contributed by atoms with Gasteiger partial charge in [-0.25, -0.2) is 4.98 Å². The quantitative estimate of drug-likeness (QED) is 0.751. The van der Waals surface area contributed by atoms with Crippen LogP contribution in [0.5, 0.6) is 0 Å². The highest BCUT2D eigenvalue weighted by molar-refractivity contribution is 9.10. The smallest absolute Gasteiger partial charge is 0.271 e. The Morgan fingerprint density at radius 3 is 2.95 bits per heavy atom. The summed E-state index contributed by atoms with van der Waals surface area (Å²) < 4.78 is 2.78. The molecule has 21 heavy (non-hydrogen) atoms. The number of rotatable bonds is 4. The summed E-state index contributed by atoms with van der Waals surface area (Å²) in [6.45, 7) is 0.326. The van der Waals surface area contributed by atoms with Gasteiger partial charge in [-0.1, -0.05) is 0 Å². The number of hydrogen-bond donors (Lipinski definition) is 1. The molecule has 0 aromatic carbocycles. The number of thiophene rings is 1. The molecule has 1 amide bonds. The number of carbonyl (C=O) groups excluding carboxylic acids is 1. The molecule has 6 nitrogen and oxygen atoms in total. The van der Waals surface area contributed by atoms with Crippen LogP contribution >= 0.6 is 38.6 Å². The Labute approximate surface area is 137 Å². The van der Waals surface area contributed by atoms with Gasteiger partial charge in [0, 0.05) is 22.3 Å². The fraction of sp³-hybridized carbons (Fsp3) is 0.167. The molecule has 0 atom stereocenters. The molecule has 3 heterocycles. The predicted octanol–water partition coefficient (Wildman–Crippen LogP) is 2.69. The van der Waals surface area contributed by atoms with Crippen LogP contribution in [-0.2, 0) is 13.6 Å². The van der Waals surface area contributed by atoms with Crippen molar-refractivity contribution in [2.24, 2.45) is 7.05 Å². The predicted molar refractivity (Wildman–Crippen MR) is 85.3 cm³/mol. The third-order valence-electron chi connectivity index (χ3n) is 2.73. The standard InChI is InChI=1S/C12H10BrN5OS2/c1-18-6-15-17-10(18)3-14-11(19)8-5-21-12(16-8)9-2-7(13)4-20-9/h2,4-6H,3H2,1H3,(H,14,19). The van der Waals surface area contributed by atoms with Crippen molar-refractivity contribution in [3.05, 3.63) is 39.1 Å². The summed E-state index contributed by atoms with van der Waals surface area (Å²) in [5.74, 6) is 0.483. The minimum Gasteiger partial charge on any atom is -0.343 e. The highest BCUT2D eigenvalue weighted by atomic mass is 79.9. The number of thiazole rings is 1. The lowest BCUT2D eigenvalue weighted by molar-refractivity contribution is 0.0945. The van der Waals surface area contributed by atoms with E-state index in [1.165, 1.54) is 11.3 Å². The second-order valence-corrected chi connectivity index (χ2v) is 6.89. The second kappa shape index (κ2) is 6.04. The molecule has 0 radical (unpaired) electrons. The maximum atomic E-state index is 12.1. The van der Waals surface area contributed by atoms with Crippen LogP contribution < -0.4 is 5.32 Å². The number of nitrogens with zero attached hydrogens (tertiary/aromatic N) is 4. The van der Waals surface area contributed by atoms with Gasteiger partial charge in [0.25, 0.3) is 5.91 Å². The summed E-state index contributed by atoms with van der Waals surface area (Å²) in [6, 6.07) is 1.99. The number of hydrogen-bond acceptors (Lipinski definition) is 6. The molecule has 0 spiro atoms. The van der Waals surface area contributed by atoms with Crippen molar-refractivity contribution in [3.8, 4) is 9.88 Å². The minimum absolute atomic E-state index is 0.212. The van der Waals surface area contributed by atoms with Crippen LogP contribution in [0, 0.1) is 0 Å². The highest BCUT2D eigenvalue weighted by Gasteiger charge is 2.13. The van der Waals surface area contributed by atoms with E-state index in [1.54, 1.807) is 27.6 Å². The van der Waals surface area contributed by atoms with Crippen LogP contribution in [0.15, 0.2) is 27.6 Å². The molecule has 3 aromatic rings. The van der Waals surface area contributed by atoms with E-state index in [1.807, 2.05) is 18.5 Å². The second-order valence-electron chi connectivity index (χ2n) is 4.21. The Bertz CT molecular complexity index is 778. The van der Waals surface area contributed by atoms with Crippen molar-refractivity contribution in [1.29, 1.82) is 0 Å². The van der Waals surface area contributed by atoms with Crippen molar-refractivity contribution in [2.75, 3.05) is 0 Å². The normalized spacial score (nSPS) is 10.8. The van der Waals surface area contributed by atoms with E-state index in [2.05, 4.69) is 36.4 Å². The largest absolute Gasteiger partial charge is 0.343 e. The van der Waals surface area contributed by atoms with E-state index in [4.69, 9.17) is 0 Å². The van der Waals surface area contributed by atoms with E-state index in [-0.39, 0.29) is 5.91 Å². The lowest BCUT2D eigenvalue weighted by Crippen LogP contribution is -2.24. The van der Waals surface area contributed by atoms with Gasteiger partial charge in [-0.15, -0.1) is 32.9 Å². The Kier molecular flexibility index (Phi) is 4.13. The summed E-state index contributed by atoms with van der Waals surface area (Å²) >= 11 is 6.46. The van der Waals surface area contributed by atoms with Gasteiger partial charge in [-0.3, -0.25) is 4.79 Å². The van der Waals surface area contributed by atoms with Crippen molar-refractivity contribution in [3.63, 3.8) is 0 Å². The Morgan fingerprint density at radius 2 is 2.29 bits per heavy atom. The molecule has 0 aliphatic heterocycles. The van der Waals surface area contributed by atoms with E-state index in [0.717, 1.165) is 14.4 Å². The van der Waals surface area contributed by atoms with Gasteiger partial charge in [-0.05, 0) is 22.0 Å². The zero-order chi connectivity index (χ0) is 14.8. The first kappa shape index (κ1) is 14.4. The topological polar surface area (TPSA) is 72.7 Å². The number of halogens is 1. The summed E-state index contributed by atoms with van der Waals surface area (Å²) in [7, 11) is 1.83. The average molecular weight is 384 g/mol. The van der Waals surface area contributed by atoms with Crippen molar-refractivity contribution in [2.45, 2.75) is 6.54 Å². The number of aromatic nitrogens is 4. The fourth-order valence-electron chi connectivity index (χ4n) is 1.63. The molecule has 0 aliphatic rings. The Balaban J connectivity index is 1.68.